The van der Waals surface area contributed by atoms with Gasteiger partial charge in [-0.2, -0.15) is 5.10 Å². The quantitative estimate of drug-likeness (QED) is 0.342. The normalized spacial score (nSPS) is 11.1. The molecule has 0 aliphatic rings. The van der Waals surface area contributed by atoms with Crippen LogP contribution in [0.2, 0.25) is 0 Å². The second kappa shape index (κ2) is 9.77. The zero-order chi connectivity index (χ0) is 23.3. The Morgan fingerprint density at radius 1 is 1.00 bits per heavy atom. The van der Waals surface area contributed by atoms with Gasteiger partial charge in [0, 0.05) is 37.0 Å². The smallest absolute Gasteiger partial charge is 0.287 e. The number of furan rings is 1. The maximum atomic E-state index is 13.1. The SMILES string of the molecule is COCc1c(C(=O)NCc2ccccc2-c2ccc(Cn3cccn3)cc2)oc2ccccc12. The molecule has 6 heteroatoms. The maximum Gasteiger partial charge on any atom is 0.287 e. The molecule has 0 spiro atoms. The number of hydrogen-bond acceptors (Lipinski definition) is 4. The van der Waals surface area contributed by atoms with Gasteiger partial charge in [0.1, 0.15) is 5.58 Å². The van der Waals surface area contributed by atoms with Crippen molar-refractivity contribution in [2.24, 2.45) is 0 Å². The largest absolute Gasteiger partial charge is 0.451 e. The van der Waals surface area contributed by atoms with Crippen LogP contribution in [-0.2, 0) is 24.4 Å². The third kappa shape index (κ3) is 4.49. The van der Waals surface area contributed by atoms with E-state index in [4.69, 9.17) is 9.15 Å². The van der Waals surface area contributed by atoms with Gasteiger partial charge in [-0.25, -0.2) is 0 Å². The Morgan fingerprint density at radius 2 is 1.79 bits per heavy atom. The average Bonchev–Trinajstić information content (AvgIpc) is 3.52. The average molecular weight is 452 g/mol. The summed E-state index contributed by atoms with van der Waals surface area (Å²) in [5, 5.41) is 8.18. The van der Waals surface area contributed by atoms with E-state index >= 15 is 0 Å². The number of nitrogens with one attached hydrogen (secondary N) is 1. The molecule has 2 aromatic heterocycles. The molecule has 5 rings (SSSR count). The standard InChI is InChI=1S/C28H25N3O3/c1-33-19-25-24-9-4-5-10-26(24)34-27(25)28(32)29-17-22-7-2-3-8-23(22)21-13-11-20(12-14-21)18-31-16-6-15-30-31/h2-16H,17-19H2,1H3,(H,29,32). The van der Waals surface area contributed by atoms with Gasteiger partial charge >= 0.3 is 0 Å². The molecule has 1 amide bonds. The molecule has 0 radical (unpaired) electrons. The van der Waals surface area contributed by atoms with Gasteiger partial charge in [-0.1, -0.05) is 66.7 Å². The van der Waals surface area contributed by atoms with Crippen LogP contribution >= 0.6 is 0 Å². The molecule has 2 heterocycles. The fourth-order valence-corrected chi connectivity index (χ4v) is 4.15. The molecule has 0 bridgehead atoms. The third-order valence-corrected chi connectivity index (χ3v) is 5.82. The molecule has 0 fully saturated rings. The molecule has 0 aliphatic heterocycles. The number of carbonyl (C=O) groups is 1. The van der Waals surface area contributed by atoms with Crippen molar-refractivity contribution in [1.82, 2.24) is 15.1 Å². The summed E-state index contributed by atoms with van der Waals surface area (Å²) in [7, 11) is 1.61. The van der Waals surface area contributed by atoms with Crippen LogP contribution in [0, 0.1) is 0 Å². The highest BCUT2D eigenvalue weighted by atomic mass is 16.5. The van der Waals surface area contributed by atoms with E-state index in [1.807, 2.05) is 59.4 Å². The predicted octanol–water partition coefficient (Wildman–Crippen LogP) is 5.42. The number of nitrogens with zero attached hydrogens (tertiary/aromatic N) is 2. The zero-order valence-electron chi connectivity index (χ0n) is 18.9. The molecular formula is C28H25N3O3. The van der Waals surface area contributed by atoms with Crippen molar-refractivity contribution in [2.45, 2.75) is 19.7 Å². The summed E-state index contributed by atoms with van der Waals surface area (Å²) in [6, 6.07) is 26.1. The van der Waals surface area contributed by atoms with Crippen molar-refractivity contribution >= 4 is 16.9 Å². The summed E-state index contributed by atoms with van der Waals surface area (Å²) < 4.78 is 13.1. The number of rotatable bonds is 8. The van der Waals surface area contributed by atoms with Crippen LogP contribution in [0.3, 0.4) is 0 Å². The van der Waals surface area contributed by atoms with E-state index in [-0.39, 0.29) is 5.91 Å². The Bertz CT molecular complexity index is 1400. The lowest BCUT2D eigenvalue weighted by Crippen LogP contribution is -2.23. The lowest BCUT2D eigenvalue weighted by atomic mass is 9.98. The Morgan fingerprint density at radius 3 is 2.59 bits per heavy atom. The predicted molar refractivity (Wildman–Crippen MR) is 131 cm³/mol. The summed E-state index contributed by atoms with van der Waals surface area (Å²) in [6.45, 7) is 1.42. The number of aromatic nitrogens is 2. The van der Waals surface area contributed by atoms with Crippen LogP contribution in [0.15, 0.2) is 95.7 Å². The van der Waals surface area contributed by atoms with Gasteiger partial charge in [-0.15, -0.1) is 0 Å². The first-order valence-corrected chi connectivity index (χ1v) is 11.1. The highest BCUT2D eigenvalue weighted by molar-refractivity contribution is 5.99. The lowest BCUT2D eigenvalue weighted by molar-refractivity contribution is 0.0918. The number of methoxy groups -OCH3 is 1. The van der Waals surface area contributed by atoms with Crippen molar-refractivity contribution in [3.05, 3.63) is 114 Å². The lowest BCUT2D eigenvalue weighted by Gasteiger charge is -2.12. The number of carbonyl (C=O) groups excluding carboxylic acids is 1. The van der Waals surface area contributed by atoms with E-state index in [9.17, 15) is 4.79 Å². The van der Waals surface area contributed by atoms with E-state index < -0.39 is 0 Å². The van der Waals surface area contributed by atoms with Gasteiger partial charge in [0.15, 0.2) is 5.76 Å². The summed E-state index contributed by atoms with van der Waals surface area (Å²) in [5.41, 5.74) is 5.81. The highest BCUT2D eigenvalue weighted by Gasteiger charge is 2.20. The Balaban J connectivity index is 1.34. The minimum absolute atomic E-state index is 0.257. The number of para-hydroxylation sites is 1. The molecule has 0 saturated heterocycles. The van der Waals surface area contributed by atoms with Gasteiger partial charge in [0.05, 0.1) is 13.2 Å². The zero-order valence-corrected chi connectivity index (χ0v) is 18.9. The molecule has 1 N–H and O–H groups in total. The van der Waals surface area contributed by atoms with Crippen molar-refractivity contribution in [3.8, 4) is 11.1 Å². The van der Waals surface area contributed by atoms with Crippen molar-refractivity contribution in [3.63, 3.8) is 0 Å². The van der Waals surface area contributed by atoms with Crippen molar-refractivity contribution < 1.29 is 13.9 Å². The Kier molecular flexibility index (Phi) is 6.23. The molecule has 170 valence electrons. The van der Waals surface area contributed by atoms with E-state index in [1.54, 1.807) is 13.3 Å². The highest BCUT2D eigenvalue weighted by Crippen LogP contribution is 2.27. The minimum atomic E-state index is -0.257. The first-order chi connectivity index (χ1) is 16.7. The van der Waals surface area contributed by atoms with Crippen LogP contribution in [0.25, 0.3) is 22.1 Å². The van der Waals surface area contributed by atoms with E-state index in [1.165, 1.54) is 5.56 Å². The summed E-state index contributed by atoms with van der Waals surface area (Å²) in [6.07, 6.45) is 3.73. The number of ether oxygens (including phenoxy) is 1. The van der Waals surface area contributed by atoms with Gasteiger partial charge in [-0.05, 0) is 34.4 Å². The number of amides is 1. The Hall–Kier alpha value is -4.16. The van der Waals surface area contributed by atoms with Crippen LogP contribution in [0.5, 0.6) is 0 Å². The minimum Gasteiger partial charge on any atom is -0.451 e. The molecule has 0 aliphatic carbocycles. The van der Waals surface area contributed by atoms with E-state index in [0.29, 0.717) is 24.5 Å². The van der Waals surface area contributed by atoms with Gasteiger partial charge in [-0.3, -0.25) is 9.48 Å². The molecule has 3 aromatic carbocycles. The van der Waals surface area contributed by atoms with Crippen molar-refractivity contribution in [2.75, 3.05) is 7.11 Å². The molecule has 34 heavy (non-hydrogen) atoms. The summed E-state index contributed by atoms with van der Waals surface area (Å²) >= 11 is 0. The summed E-state index contributed by atoms with van der Waals surface area (Å²) in [5.74, 6) is 0.0381. The Labute approximate surface area is 197 Å². The number of fused-ring (bicyclic) bond motifs is 1. The molecule has 0 saturated carbocycles. The first-order valence-electron chi connectivity index (χ1n) is 11.1. The van der Waals surface area contributed by atoms with Gasteiger partial charge in [0.25, 0.3) is 5.91 Å². The fourth-order valence-electron chi connectivity index (χ4n) is 4.15. The number of hydrogen-bond donors (Lipinski definition) is 1. The van der Waals surface area contributed by atoms with Crippen LogP contribution < -0.4 is 5.32 Å². The number of benzene rings is 3. The van der Waals surface area contributed by atoms with Crippen LogP contribution in [0.4, 0.5) is 0 Å². The van der Waals surface area contributed by atoms with Crippen LogP contribution in [-0.4, -0.2) is 22.8 Å². The van der Waals surface area contributed by atoms with Crippen molar-refractivity contribution in [1.29, 1.82) is 0 Å². The molecular weight excluding hydrogens is 426 g/mol. The molecule has 0 atom stereocenters. The summed E-state index contributed by atoms with van der Waals surface area (Å²) in [4.78, 5) is 13.1. The van der Waals surface area contributed by atoms with E-state index in [2.05, 4.69) is 40.7 Å². The molecule has 5 aromatic rings. The maximum absolute atomic E-state index is 13.1. The van der Waals surface area contributed by atoms with Gasteiger partial charge in [0.2, 0.25) is 0 Å². The first kappa shape index (κ1) is 21.7. The molecule has 6 nitrogen and oxygen atoms in total. The third-order valence-electron chi connectivity index (χ3n) is 5.82. The van der Waals surface area contributed by atoms with Crippen LogP contribution in [0.1, 0.15) is 27.2 Å². The topological polar surface area (TPSA) is 69.3 Å². The second-order valence-electron chi connectivity index (χ2n) is 8.08. The second-order valence-corrected chi connectivity index (χ2v) is 8.08. The van der Waals surface area contributed by atoms with E-state index in [0.717, 1.165) is 34.2 Å². The monoisotopic (exact) mass is 451 g/mol. The molecule has 0 unspecified atom stereocenters. The fraction of sp³-hybridized carbons (Fsp3) is 0.143. The van der Waals surface area contributed by atoms with Gasteiger partial charge < -0.3 is 14.5 Å².